The number of fused-ring (bicyclic) bond motifs is 4. The molecule has 3 nitrogen and oxygen atoms in total. The molecule has 0 saturated heterocycles. The third-order valence-electron chi connectivity index (χ3n) is 12.2. The minimum atomic E-state index is 0.0422. The second-order valence-corrected chi connectivity index (χ2v) is 16.0. The SMILES string of the molecule is Cc1ccc(N2c3ccc(C)cc3B3c4ccc(N(c5ccc(-c6ccccc6)cc5)c5ccc(-c6ccccc6)cc5)cc4N(c4ccccc4)c4cccc2c43)cc1. The Balaban J connectivity index is 1.12. The van der Waals surface area contributed by atoms with Crippen LogP contribution >= 0.6 is 0 Å². The fourth-order valence-electron chi connectivity index (χ4n) is 9.32. The highest BCUT2D eigenvalue weighted by Crippen LogP contribution is 2.46. The summed E-state index contributed by atoms with van der Waals surface area (Å²) in [7, 11) is 0. The van der Waals surface area contributed by atoms with Crippen LogP contribution in [0.2, 0.25) is 0 Å². The van der Waals surface area contributed by atoms with E-state index in [-0.39, 0.29) is 6.71 Å². The van der Waals surface area contributed by atoms with Gasteiger partial charge in [0.1, 0.15) is 0 Å². The third-order valence-corrected chi connectivity index (χ3v) is 12.2. The van der Waals surface area contributed by atoms with Crippen LogP contribution in [0.25, 0.3) is 22.3 Å². The van der Waals surface area contributed by atoms with Crippen molar-refractivity contribution in [3.63, 3.8) is 0 Å². The van der Waals surface area contributed by atoms with Crippen LogP contribution in [0.1, 0.15) is 11.1 Å². The Morgan fingerprint density at radius 3 is 1.40 bits per heavy atom. The van der Waals surface area contributed by atoms with Gasteiger partial charge < -0.3 is 14.7 Å². The molecular weight excluding hydrogens is 725 g/mol. The molecule has 0 fully saturated rings. The standard InChI is InChI=1S/C56H42BN3/c1-39-21-28-48(29-22-39)59-52-36-23-40(2)37-51(52)57-50-35-34-49(38-55(50)60(45-17-10-5-11-18-45)54-20-12-19-53(59)56(54)57)58(46-30-24-43(25-31-46)41-13-6-3-7-14-41)47-32-26-44(27-33-47)42-15-8-4-9-16-42/h3-38H,1-2H3. The molecule has 0 unspecified atom stereocenters. The molecule has 0 bridgehead atoms. The van der Waals surface area contributed by atoms with Gasteiger partial charge in [0.2, 0.25) is 0 Å². The summed E-state index contributed by atoms with van der Waals surface area (Å²) in [4.78, 5) is 7.35. The maximum absolute atomic E-state index is 2.48. The largest absolute Gasteiger partial charge is 0.311 e. The van der Waals surface area contributed by atoms with Gasteiger partial charge in [0.15, 0.2) is 0 Å². The van der Waals surface area contributed by atoms with Gasteiger partial charge in [-0.3, -0.25) is 0 Å². The zero-order valence-corrected chi connectivity index (χ0v) is 33.7. The Labute approximate surface area is 353 Å². The highest BCUT2D eigenvalue weighted by Gasteiger charge is 2.43. The van der Waals surface area contributed by atoms with Crippen LogP contribution in [0.5, 0.6) is 0 Å². The molecule has 2 heterocycles. The molecule has 2 aliphatic rings. The van der Waals surface area contributed by atoms with E-state index in [1.54, 1.807) is 0 Å². The number of hydrogen-bond acceptors (Lipinski definition) is 3. The summed E-state index contributed by atoms with van der Waals surface area (Å²) < 4.78 is 0. The van der Waals surface area contributed by atoms with Crippen molar-refractivity contribution in [3.05, 3.63) is 230 Å². The zero-order valence-electron chi connectivity index (χ0n) is 33.7. The summed E-state index contributed by atoms with van der Waals surface area (Å²) in [5.41, 5.74) is 21.6. The maximum Gasteiger partial charge on any atom is 0.252 e. The number of benzene rings is 9. The lowest BCUT2D eigenvalue weighted by Gasteiger charge is -2.44. The number of aryl methyl sites for hydroxylation is 2. The second-order valence-electron chi connectivity index (χ2n) is 16.0. The zero-order chi connectivity index (χ0) is 40.2. The lowest BCUT2D eigenvalue weighted by Crippen LogP contribution is -2.61. The van der Waals surface area contributed by atoms with Gasteiger partial charge in [-0.2, -0.15) is 0 Å². The van der Waals surface area contributed by atoms with Gasteiger partial charge in [0.25, 0.3) is 6.71 Å². The molecule has 9 aromatic rings. The normalized spacial score (nSPS) is 12.4. The fraction of sp³-hybridized carbons (Fsp3) is 0.0357. The highest BCUT2D eigenvalue weighted by atomic mass is 15.2. The van der Waals surface area contributed by atoms with Crippen LogP contribution in [0.4, 0.5) is 51.2 Å². The third kappa shape index (κ3) is 6.08. The highest BCUT2D eigenvalue weighted by molar-refractivity contribution is 7.00. The molecule has 4 heteroatoms. The minimum Gasteiger partial charge on any atom is -0.311 e. The fourth-order valence-corrected chi connectivity index (χ4v) is 9.32. The number of nitrogens with zero attached hydrogens (tertiary/aromatic N) is 3. The van der Waals surface area contributed by atoms with Crippen LogP contribution in [-0.4, -0.2) is 6.71 Å². The van der Waals surface area contributed by atoms with Crippen molar-refractivity contribution in [1.29, 1.82) is 0 Å². The molecule has 11 rings (SSSR count). The van der Waals surface area contributed by atoms with Crippen molar-refractivity contribution in [3.8, 4) is 22.3 Å². The van der Waals surface area contributed by atoms with E-state index < -0.39 is 0 Å². The van der Waals surface area contributed by atoms with Crippen LogP contribution in [-0.2, 0) is 0 Å². The van der Waals surface area contributed by atoms with E-state index in [9.17, 15) is 0 Å². The summed E-state index contributed by atoms with van der Waals surface area (Å²) >= 11 is 0. The number of hydrogen-bond donors (Lipinski definition) is 0. The van der Waals surface area contributed by atoms with Crippen LogP contribution in [0.3, 0.4) is 0 Å². The first kappa shape index (κ1) is 35.6. The van der Waals surface area contributed by atoms with Crippen LogP contribution in [0.15, 0.2) is 218 Å². The number of anilines is 9. The van der Waals surface area contributed by atoms with Gasteiger partial charge in [0, 0.05) is 51.2 Å². The van der Waals surface area contributed by atoms with Crippen molar-refractivity contribution in [1.82, 2.24) is 0 Å². The molecule has 60 heavy (non-hydrogen) atoms. The minimum absolute atomic E-state index is 0.0422. The maximum atomic E-state index is 2.48. The molecule has 0 N–H and O–H groups in total. The summed E-state index contributed by atoms with van der Waals surface area (Å²) in [6, 6.07) is 79.9. The molecule has 284 valence electrons. The van der Waals surface area contributed by atoms with Gasteiger partial charge in [-0.05, 0) is 131 Å². The Morgan fingerprint density at radius 2 is 0.817 bits per heavy atom. The summed E-state index contributed by atoms with van der Waals surface area (Å²) in [5, 5.41) is 0. The Morgan fingerprint density at radius 1 is 0.333 bits per heavy atom. The average molecular weight is 768 g/mol. The molecule has 0 spiro atoms. The summed E-state index contributed by atoms with van der Waals surface area (Å²) in [6.45, 7) is 4.41. The Bertz CT molecular complexity index is 2900. The van der Waals surface area contributed by atoms with Crippen molar-refractivity contribution in [2.75, 3.05) is 14.7 Å². The van der Waals surface area contributed by atoms with E-state index in [1.807, 2.05) is 0 Å². The van der Waals surface area contributed by atoms with Crippen molar-refractivity contribution in [2.45, 2.75) is 13.8 Å². The van der Waals surface area contributed by atoms with E-state index in [0.717, 1.165) is 28.4 Å². The summed E-state index contributed by atoms with van der Waals surface area (Å²) in [6.07, 6.45) is 0. The topological polar surface area (TPSA) is 9.72 Å². The molecule has 0 saturated carbocycles. The van der Waals surface area contributed by atoms with E-state index in [4.69, 9.17) is 0 Å². The molecule has 0 amide bonds. The van der Waals surface area contributed by atoms with E-state index in [2.05, 4.69) is 247 Å². The lowest BCUT2D eigenvalue weighted by molar-refractivity contribution is 1.23. The molecule has 0 aromatic heterocycles. The van der Waals surface area contributed by atoms with Crippen molar-refractivity contribution in [2.24, 2.45) is 0 Å². The van der Waals surface area contributed by atoms with Gasteiger partial charge >= 0.3 is 0 Å². The molecule has 9 aromatic carbocycles. The van der Waals surface area contributed by atoms with Gasteiger partial charge in [0.05, 0.1) is 0 Å². The second kappa shape index (κ2) is 14.7. The van der Waals surface area contributed by atoms with Crippen LogP contribution in [0, 0.1) is 13.8 Å². The van der Waals surface area contributed by atoms with Crippen molar-refractivity contribution < 1.29 is 0 Å². The number of para-hydroxylation sites is 1. The monoisotopic (exact) mass is 767 g/mol. The average Bonchev–Trinajstić information content (AvgIpc) is 3.31. The van der Waals surface area contributed by atoms with Gasteiger partial charge in [-0.1, -0.05) is 151 Å². The molecule has 0 aliphatic carbocycles. The van der Waals surface area contributed by atoms with E-state index >= 15 is 0 Å². The van der Waals surface area contributed by atoms with Crippen molar-refractivity contribution >= 4 is 74.3 Å². The molecule has 0 atom stereocenters. The summed E-state index contributed by atoms with van der Waals surface area (Å²) in [5.74, 6) is 0. The Hall–Kier alpha value is -7.56. The quantitative estimate of drug-likeness (QED) is 0.150. The lowest BCUT2D eigenvalue weighted by atomic mass is 9.33. The van der Waals surface area contributed by atoms with Gasteiger partial charge in [-0.25, -0.2) is 0 Å². The van der Waals surface area contributed by atoms with E-state index in [0.29, 0.717) is 0 Å². The Kier molecular flexibility index (Phi) is 8.71. The molecule has 2 aliphatic heterocycles. The van der Waals surface area contributed by atoms with Crippen LogP contribution < -0.4 is 31.1 Å². The van der Waals surface area contributed by atoms with E-state index in [1.165, 1.54) is 72.5 Å². The molecular formula is C56H42BN3. The first-order chi connectivity index (χ1) is 29.6. The van der Waals surface area contributed by atoms with Gasteiger partial charge in [-0.15, -0.1) is 0 Å². The molecule has 0 radical (unpaired) electrons. The first-order valence-corrected chi connectivity index (χ1v) is 20.8. The smallest absolute Gasteiger partial charge is 0.252 e. The number of rotatable bonds is 7. The first-order valence-electron chi connectivity index (χ1n) is 20.8. The predicted octanol–water partition coefficient (Wildman–Crippen LogP) is 13.2. The predicted molar refractivity (Wildman–Crippen MR) is 255 cm³/mol.